The molecule has 126 valence electrons. The van der Waals surface area contributed by atoms with E-state index in [-0.39, 0.29) is 0 Å². The summed E-state index contributed by atoms with van der Waals surface area (Å²) in [6.07, 6.45) is 1.77. The Bertz CT molecular complexity index is 806. The number of nitrogens with zero attached hydrogens (tertiary/aromatic N) is 2. The van der Waals surface area contributed by atoms with E-state index in [0.717, 1.165) is 11.3 Å². The van der Waals surface area contributed by atoms with E-state index in [4.69, 9.17) is 4.74 Å². The number of rotatable bonds is 4. The van der Waals surface area contributed by atoms with Crippen LogP contribution in [0, 0.1) is 6.92 Å². The molecule has 0 aromatic heterocycles. The molecule has 5 nitrogen and oxygen atoms in total. The highest BCUT2D eigenvalue weighted by Gasteiger charge is 2.25. The van der Waals surface area contributed by atoms with Crippen LogP contribution >= 0.6 is 0 Å². The van der Waals surface area contributed by atoms with Gasteiger partial charge in [-0.3, -0.25) is 4.99 Å². The van der Waals surface area contributed by atoms with Crippen LogP contribution in [0.25, 0.3) is 0 Å². The lowest BCUT2D eigenvalue weighted by Crippen LogP contribution is -2.40. The number of sulfonamides is 1. The standard InChI is InChI=1S/C18H20N2O3S/c1-15-2-4-16(5-3-15)14-19-17-6-8-18(9-7-17)24(21,22)20-10-12-23-13-11-20/h2-9,14H,10-13H2,1H3. The van der Waals surface area contributed by atoms with Gasteiger partial charge in [0.15, 0.2) is 0 Å². The first kappa shape index (κ1) is 16.8. The lowest BCUT2D eigenvalue weighted by molar-refractivity contribution is 0.0730. The second kappa shape index (κ2) is 7.25. The second-order valence-corrected chi connectivity index (χ2v) is 7.62. The van der Waals surface area contributed by atoms with Crippen molar-refractivity contribution in [2.75, 3.05) is 26.3 Å². The van der Waals surface area contributed by atoms with Crippen LogP contribution in [0.5, 0.6) is 0 Å². The summed E-state index contributed by atoms with van der Waals surface area (Å²) in [4.78, 5) is 4.68. The normalized spacial score (nSPS) is 16.5. The van der Waals surface area contributed by atoms with E-state index in [1.807, 2.05) is 31.2 Å². The van der Waals surface area contributed by atoms with Crippen LogP contribution in [0.2, 0.25) is 0 Å². The average Bonchev–Trinajstić information content (AvgIpc) is 2.62. The van der Waals surface area contributed by atoms with Crippen molar-refractivity contribution in [3.8, 4) is 0 Å². The highest BCUT2D eigenvalue weighted by Crippen LogP contribution is 2.20. The summed E-state index contributed by atoms with van der Waals surface area (Å²) in [5.41, 5.74) is 2.92. The Balaban J connectivity index is 1.74. The minimum absolute atomic E-state index is 0.290. The predicted octanol–water partition coefficient (Wildman–Crippen LogP) is 2.77. The smallest absolute Gasteiger partial charge is 0.243 e. The molecule has 0 atom stereocenters. The monoisotopic (exact) mass is 344 g/mol. The molecule has 6 heteroatoms. The van der Waals surface area contributed by atoms with Gasteiger partial charge in [-0.2, -0.15) is 4.31 Å². The minimum Gasteiger partial charge on any atom is -0.379 e. The van der Waals surface area contributed by atoms with Crippen molar-refractivity contribution >= 4 is 21.9 Å². The van der Waals surface area contributed by atoms with E-state index in [1.165, 1.54) is 9.87 Å². The molecular weight excluding hydrogens is 324 g/mol. The molecule has 0 N–H and O–H groups in total. The third-order valence-corrected chi connectivity index (χ3v) is 5.80. The Hall–Kier alpha value is -2.02. The highest BCUT2D eigenvalue weighted by molar-refractivity contribution is 7.89. The maximum Gasteiger partial charge on any atom is 0.243 e. The molecule has 0 spiro atoms. The molecule has 0 radical (unpaired) electrons. The Morgan fingerprint density at radius 3 is 2.25 bits per heavy atom. The Labute approximate surface area is 142 Å². The van der Waals surface area contributed by atoms with Crippen molar-refractivity contribution in [1.29, 1.82) is 0 Å². The number of hydrogen-bond donors (Lipinski definition) is 0. The molecule has 0 aliphatic carbocycles. The second-order valence-electron chi connectivity index (χ2n) is 5.68. The van der Waals surface area contributed by atoms with E-state index in [9.17, 15) is 8.42 Å². The van der Waals surface area contributed by atoms with Crippen LogP contribution in [0.15, 0.2) is 58.4 Å². The molecule has 2 aromatic carbocycles. The Kier molecular flexibility index (Phi) is 5.08. The van der Waals surface area contributed by atoms with Gasteiger partial charge in [-0.25, -0.2) is 8.42 Å². The Morgan fingerprint density at radius 1 is 1.00 bits per heavy atom. The van der Waals surface area contributed by atoms with E-state index >= 15 is 0 Å². The zero-order chi connectivity index (χ0) is 17.0. The summed E-state index contributed by atoms with van der Waals surface area (Å²) < 4.78 is 31.7. The first-order valence-corrected chi connectivity index (χ1v) is 9.28. The highest BCUT2D eigenvalue weighted by atomic mass is 32.2. The summed E-state index contributed by atoms with van der Waals surface area (Å²) in [5.74, 6) is 0. The van der Waals surface area contributed by atoms with Gasteiger partial charge in [-0.1, -0.05) is 29.8 Å². The number of morpholine rings is 1. The fourth-order valence-corrected chi connectivity index (χ4v) is 3.85. The first-order chi connectivity index (χ1) is 11.6. The van der Waals surface area contributed by atoms with Crippen LogP contribution in [0.1, 0.15) is 11.1 Å². The van der Waals surface area contributed by atoms with E-state index in [2.05, 4.69) is 4.99 Å². The van der Waals surface area contributed by atoms with Crippen molar-refractivity contribution in [2.24, 2.45) is 4.99 Å². The summed E-state index contributed by atoms with van der Waals surface area (Å²) in [5, 5.41) is 0. The number of benzene rings is 2. The van der Waals surface area contributed by atoms with Gasteiger partial charge in [0.05, 0.1) is 23.8 Å². The van der Waals surface area contributed by atoms with Gasteiger partial charge in [0, 0.05) is 19.3 Å². The number of hydrogen-bond acceptors (Lipinski definition) is 4. The zero-order valence-corrected chi connectivity index (χ0v) is 14.4. The van der Waals surface area contributed by atoms with E-state index in [1.54, 1.807) is 30.5 Å². The van der Waals surface area contributed by atoms with Gasteiger partial charge in [0.2, 0.25) is 10.0 Å². The molecule has 24 heavy (non-hydrogen) atoms. The molecule has 0 bridgehead atoms. The van der Waals surface area contributed by atoms with Gasteiger partial charge in [0.25, 0.3) is 0 Å². The molecule has 1 heterocycles. The molecule has 1 fully saturated rings. The maximum atomic E-state index is 12.5. The van der Waals surface area contributed by atoms with Crippen molar-refractivity contribution in [3.63, 3.8) is 0 Å². The summed E-state index contributed by atoms with van der Waals surface area (Å²) in [6, 6.07) is 14.7. The largest absolute Gasteiger partial charge is 0.379 e. The molecule has 2 aromatic rings. The molecule has 3 rings (SSSR count). The number of aryl methyl sites for hydroxylation is 1. The van der Waals surface area contributed by atoms with Crippen LogP contribution < -0.4 is 0 Å². The Morgan fingerprint density at radius 2 is 1.62 bits per heavy atom. The van der Waals surface area contributed by atoms with E-state index < -0.39 is 10.0 Å². The predicted molar refractivity (Wildman–Crippen MR) is 94.5 cm³/mol. The van der Waals surface area contributed by atoms with Crippen molar-refractivity contribution in [2.45, 2.75) is 11.8 Å². The molecule has 1 saturated heterocycles. The third-order valence-electron chi connectivity index (χ3n) is 3.88. The molecule has 0 amide bonds. The van der Waals surface area contributed by atoms with Gasteiger partial charge in [0.1, 0.15) is 0 Å². The van der Waals surface area contributed by atoms with Gasteiger partial charge in [-0.05, 0) is 36.8 Å². The summed E-state index contributed by atoms with van der Waals surface area (Å²) in [6.45, 7) is 3.72. The fourth-order valence-electron chi connectivity index (χ4n) is 2.44. The van der Waals surface area contributed by atoms with E-state index in [0.29, 0.717) is 31.2 Å². The van der Waals surface area contributed by atoms with Crippen LogP contribution in [0.3, 0.4) is 0 Å². The van der Waals surface area contributed by atoms with Gasteiger partial charge >= 0.3 is 0 Å². The number of aliphatic imine (C=N–C) groups is 1. The van der Waals surface area contributed by atoms with Crippen molar-refractivity contribution in [1.82, 2.24) is 4.31 Å². The average molecular weight is 344 g/mol. The lowest BCUT2D eigenvalue weighted by Gasteiger charge is -2.26. The topological polar surface area (TPSA) is 59.0 Å². The van der Waals surface area contributed by atoms with Gasteiger partial charge < -0.3 is 4.74 Å². The third kappa shape index (κ3) is 3.90. The molecule has 0 unspecified atom stereocenters. The van der Waals surface area contributed by atoms with Crippen LogP contribution in [-0.4, -0.2) is 45.2 Å². The molecular formula is C18H20N2O3S. The first-order valence-electron chi connectivity index (χ1n) is 7.84. The van der Waals surface area contributed by atoms with Crippen molar-refractivity contribution in [3.05, 3.63) is 59.7 Å². The fraction of sp³-hybridized carbons (Fsp3) is 0.278. The molecule has 1 aliphatic heterocycles. The summed E-state index contributed by atoms with van der Waals surface area (Å²) in [7, 11) is -3.45. The SMILES string of the molecule is Cc1ccc(C=Nc2ccc(S(=O)(=O)N3CCOCC3)cc2)cc1. The zero-order valence-electron chi connectivity index (χ0n) is 13.6. The number of ether oxygens (including phenoxy) is 1. The quantitative estimate of drug-likeness (QED) is 0.802. The van der Waals surface area contributed by atoms with Crippen molar-refractivity contribution < 1.29 is 13.2 Å². The lowest BCUT2D eigenvalue weighted by atomic mass is 10.2. The molecule has 0 saturated carbocycles. The maximum absolute atomic E-state index is 12.5. The van der Waals surface area contributed by atoms with Gasteiger partial charge in [-0.15, -0.1) is 0 Å². The minimum atomic E-state index is -3.45. The van der Waals surface area contributed by atoms with Crippen LogP contribution in [0.4, 0.5) is 5.69 Å². The van der Waals surface area contributed by atoms with Crippen LogP contribution in [-0.2, 0) is 14.8 Å². The summed E-state index contributed by atoms with van der Waals surface area (Å²) >= 11 is 0. The molecule has 1 aliphatic rings.